The van der Waals surface area contributed by atoms with E-state index in [0.29, 0.717) is 16.8 Å². The lowest BCUT2D eigenvalue weighted by atomic mass is 10.0. The van der Waals surface area contributed by atoms with E-state index in [2.05, 4.69) is 5.32 Å². The Morgan fingerprint density at radius 3 is 2.12 bits per heavy atom. The molecule has 32 heavy (non-hydrogen) atoms. The van der Waals surface area contributed by atoms with Gasteiger partial charge in [0.2, 0.25) is 0 Å². The van der Waals surface area contributed by atoms with E-state index in [1.54, 1.807) is 36.4 Å². The fraction of sp³-hybridized carbons (Fsp3) is 0.125. The molecule has 0 fully saturated rings. The molecule has 0 aliphatic rings. The van der Waals surface area contributed by atoms with Gasteiger partial charge in [0.25, 0.3) is 5.91 Å². The van der Waals surface area contributed by atoms with Crippen molar-refractivity contribution in [2.24, 2.45) is 5.73 Å². The highest BCUT2D eigenvalue weighted by Crippen LogP contribution is 2.20. The molecule has 5 N–H and O–H groups in total. The van der Waals surface area contributed by atoms with E-state index in [0.717, 1.165) is 11.1 Å². The van der Waals surface area contributed by atoms with Gasteiger partial charge < -0.3 is 26.0 Å². The van der Waals surface area contributed by atoms with Gasteiger partial charge in [-0.15, -0.1) is 0 Å². The number of hydrogen-bond donors (Lipinski definition) is 4. The van der Waals surface area contributed by atoms with Crippen LogP contribution in [0.25, 0.3) is 11.1 Å². The first-order valence-corrected chi connectivity index (χ1v) is 9.73. The minimum absolute atomic E-state index is 0.187. The van der Waals surface area contributed by atoms with E-state index < -0.39 is 24.1 Å². The molecule has 3 aromatic carbocycles. The molecule has 0 aliphatic carbocycles. The first-order valence-electron chi connectivity index (χ1n) is 9.73. The number of hydrogen-bond acceptors (Lipinski definition) is 5. The van der Waals surface area contributed by atoms with Crippen LogP contribution in [0.1, 0.15) is 15.9 Å². The van der Waals surface area contributed by atoms with E-state index in [9.17, 15) is 14.4 Å². The topological polar surface area (TPSA) is 139 Å². The number of carbonyl (C=O) groups excluding carboxylic acids is 1. The fourth-order valence-corrected chi connectivity index (χ4v) is 3.03. The highest BCUT2D eigenvalue weighted by atomic mass is 16.5. The van der Waals surface area contributed by atoms with E-state index in [-0.39, 0.29) is 12.5 Å². The third kappa shape index (κ3) is 5.78. The number of carboxylic acid groups (broad SMARTS) is 2. The molecule has 0 bridgehead atoms. The van der Waals surface area contributed by atoms with Crippen LogP contribution in [0.3, 0.4) is 0 Å². The molecule has 0 unspecified atom stereocenters. The summed E-state index contributed by atoms with van der Waals surface area (Å²) in [6.07, 6.45) is -1.70. The number of benzene rings is 3. The lowest BCUT2D eigenvalue weighted by Gasteiger charge is -2.17. The summed E-state index contributed by atoms with van der Waals surface area (Å²) in [6, 6.07) is 21.9. The Kier molecular flexibility index (Phi) is 7.33. The normalized spacial score (nSPS) is 12.5. The number of carboxylic acids is 2. The van der Waals surface area contributed by atoms with Crippen LogP contribution in [0.4, 0.5) is 5.69 Å². The maximum atomic E-state index is 12.6. The maximum absolute atomic E-state index is 12.6. The minimum atomic E-state index is -1.70. The molecule has 2 atom stereocenters. The van der Waals surface area contributed by atoms with Crippen LogP contribution in [0.2, 0.25) is 0 Å². The molecule has 0 saturated carbocycles. The largest absolute Gasteiger partial charge is 0.480 e. The highest BCUT2D eigenvalue weighted by Gasteiger charge is 2.31. The molecule has 3 rings (SSSR count). The van der Waals surface area contributed by atoms with E-state index in [1.807, 2.05) is 42.5 Å². The molecule has 3 aromatic rings. The van der Waals surface area contributed by atoms with Gasteiger partial charge in [0, 0.05) is 11.3 Å². The summed E-state index contributed by atoms with van der Waals surface area (Å²) in [5.41, 5.74) is 8.92. The van der Waals surface area contributed by atoms with Crippen LogP contribution in [-0.4, -0.2) is 40.2 Å². The Labute approximate surface area is 184 Å². The Bertz CT molecular complexity index is 1100. The standard InChI is InChI=1S/C24H22N2O6/c25-20(23(28)29)21(24(30)31)32-14-15-5-4-8-19(13-15)26-22(27)18-11-9-17(10-12-18)16-6-2-1-3-7-16/h1-13,20-21H,14,25H2,(H,26,27)(H,28,29)(H,30,31)/t20-,21-/m0/s1. The maximum Gasteiger partial charge on any atom is 0.335 e. The lowest BCUT2D eigenvalue weighted by molar-refractivity contribution is -0.159. The zero-order chi connectivity index (χ0) is 23.1. The Morgan fingerprint density at radius 2 is 1.50 bits per heavy atom. The monoisotopic (exact) mass is 434 g/mol. The van der Waals surface area contributed by atoms with Crippen LogP contribution in [0.15, 0.2) is 78.9 Å². The Hall–Kier alpha value is -4.01. The number of nitrogens with two attached hydrogens (primary N) is 1. The van der Waals surface area contributed by atoms with Crippen LogP contribution in [0, 0.1) is 0 Å². The molecule has 0 aromatic heterocycles. The zero-order valence-corrected chi connectivity index (χ0v) is 17.0. The second kappa shape index (κ2) is 10.3. The van der Waals surface area contributed by atoms with Gasteiger partial charge in [-0.2, -0.15) is 0 Å². The van der Waals surface area contributed by atoms with Gasteiger partial charge in [-0.1, -0.05) is 54.6 Å². The van der Waals surface area contributed by atoms with Crippen LogP contribution in [-0.2, 0) is 20.9 Å². The number of amides is 1. The van der Waals surface area contributed by atoms with Crippen LogP contribution in [0.5, 0.6) is 0 Å². The summed E-state index contributed by atoms with van der Waals surface area (Å²) in [5, 5.41) is 20.8. The van der Waals surface area contributed by atoms with Gasteiger partial charge >= 0.3 is 11.9 Å². The molecule has 1 amide bonds. The smallest absolute Gasteiger partial charge is 0.335 e. The second-order valence-corrected chi connectivity index (χ2v) is 7.03. The lowest BCUT2D eigenvalue weighted by Crippen LogP contribution is -2.47. The van der Waals surface area contributed by atoms with Crippen molar-refractivity contribution >= 4 is 23.5 Å². The molecule has 0 saturated heterocycles. The van der Waals surface area contributed by atoms with Crippen LogP contribution < -0.4 is 11.1 Å². The third-order valence-corrected chi connectivity index (χ3v) is 4.72. The predicted octanol–water partition coefficient (Wildman–Crippen LogP) is 2.99. The summed E-state index contributed by atoms with van der Waals surface area (Å²) in [6.45, 7) is -0.187. The minimum Gasteiger partial charge on any atom is -0.480 e. The third-order valence-electron chi connectivity index (χ3n) is 4.72. The molecular weight excluding hydrogens is 412 g/mol. The summed E-state index contributed by atoms with van der Waals surface area (Å²) >= 11 is 0. The van der Waals surface area contributed by atoms with Gasteiger partial charge in [-0.05, 0) is 41.0 Å². The quantitative estimate of drug-likeness (QED) is 0.406. The SMILES string of the molecule is N[C@H](C(=O)O)[C@H](OCc1cccc(NC(=O)c2ccc(-c3ccccc3)cc2)c1)C(=O)O. The first-order chi connectivity index (χ1) is 15.3. The predicted molar refractivity (Wildman–Crippen MR) is 118 cm³/mol. The highest BCUT2D eigenvalue weighted by molar-refractivity contribution is 6.04. The van der Waals surface area contributed by atoms with Crippen molar-refractivity contribution in [2.45, 2.75) is 18.8 Å². The molecule has 0 heterocycles. The molecule has 164 valence electrons. The second-order valence-electron chi connectivity index (χ2n) is 7.03. The van der Waals surface area contributed by atoms with Gasteiger partial charge in [-0.3, -0.25) is 9.59 Å². The number of aliphatic carboxylic acids is 2. The summed E-state index contributed by atoms with van der Waals surface area (Å²) in [4.78, 5) is 34.8. The van der Waals surface area contributed by atoms with Crippen molar-refractivity contribution in [1.82, 2.24) is 0 Å². The zero-order valence-electron chi connectivity index (χ0n) is 17.0. The number of carbonyl (C=O) groups is 3. The molecule has 8 nitrogen and oxygen atoms in total. The summed E-state index contributed by atoms with van der Waals surface area (Å²) in [5.74, 6) is -3.25. The molecule has 0 spiro atoms. The van der Waals surface area contributed by atoms with Crippen LogP contribution >= 0.6 is 0 Å². The number of nitrogens with one attached hydrogen (secondary N) is 1. The molecule has 0 radical (unpaired) electrons. The summed E-state index contributed by atoms with van der Waals surface area (Å²) < 4.78 is 5.19. The van der Waals surface area contributed by atoms with Crippen molar-refractivity contribution in [3.05, 3.63) is 90.0 Å². The van der Waals surface area contributed by atoms with Crippen molar-refractivity contribution in [3.8, 4) is 11.1 Å². The fourth-order valence-electron chi connectivity index (χ4n) is 3.03. The Balaban J connectivity index is 1.64. The van der Waals surface area contributed by atoms with Crippen molar-refractivity contribution in [1.29, 1.82) is 0 Å². The van der Waals surface area contributed by atoms with E-state index in [4.69, 9.17) is 20.7 Å². The first kappa shape index (κ1) is 22.7. The summed E-state index contributed by atoms with van der Waals surface area (Å²) in [7, 11) is 0. The van der Waals surface area contributed by atoms with Gasteiger partial charge in [0.1, 0.15) is 6.04 Å². The molecular formula is C24H22N2O6. The van der Waals surface area contributed by atoms with Crippen molar-refractivity contribution < 1.29 is 29.3 Å². The molecule has 8 heteroatoms. The van der Waals surface area contributed by atoms with Gasteiger partial charge in [0.05, 0.1) is 6.61 Å². The average Bonchev–Trinajstić information content (AvgIpc) is 2.79. The Morgan fingerprint density at radius 1 is 0.844 bits per heavy atom. The van der Waals surface area contributed by atoms with Crippen molar-refractivity contribution in [3.63, 3.8) is 0 Å². The number of ether oxygens (including phenoxy) is 1. The number of anilines is 1. The van der Waals surface area contributed by atoms with E-state index in [1.165, 1.54) is 0 Å². The molecule has 0 aliphatic heterocycles. The van der Waals surface area contributed by atoms with E-state index >= 15 is 0 Å². The van der Waals surface area contributed by atoms with Gasteiger partial charge in [0.15, 0.2) is 6.10 Å². The van der Waals surface area contributed by atoms with Crippen molar-refractivity contribution in [2.75, 3.05) is 5.32 Å². The number of rotatable bonds is 9. The van der Waals surface area contributed by atoms with Gasteiger partial charge in [-0.25, -0.2) is 4.79 Å². The average molecular weight is 434 g/mol.